The first kappa shape index (κ1) is 16.8. The SMILES string of the molecule is CN(Cc1ccccn1)[C@@H]1COC2(CCN(Cc3ccoc3)CC2)C1. The predicted molar refractivity (Wildman–Crippen MR) is 96.0 cm³/mol. The van der Waals surface area contributed by atoms with Crippen molar-refractivity contribution in [2.75, 3.05) is 26.7 Å². The first-order valence-electron chi connectivity index (χ1n) is 9.20. The zero-order valence-electron chi connectivity index (χ0n) is 14.9. The molecule has 2 aromatic rings. The van der Waals surface area contributed by atoms with Crippen molar-refractivity contribution in [1.29, 1.82) is 0 Å². The van der Waals surface area contributed by atoms with Gasteiger partial charge in [-0.3, -0.25) is 14.8 Å². The lowest BCUT2D eigenvalue weighted by molar-refractivity contribution is -0.0452. The maximum atomic E-state index is 6.33. The monoisotopic (exact) mass is 341 g/mol. The highest BCUT2D eigenvalue weighted by Crippen LogP contribution is 2.37. The van der Waals surface area contributed by atoms with Crippen LogP contribution in [0.2, 0.25) is 0 Å². The van der Waals surface area contributed by atoms with Crippen LogP contribution in [0.1, 0.15) is 30.5 Å². The summed E-state index contributed by atoms with van der Waals surface area (Å²) in [6.07, 6.45) is 8.85. The molecule has 2 saturated heterocycles. The van der Waals surface area contributed by atoms with Crippen LogP contribution in [0.25, 0.3) is 0 Å². The van der Waals surface area contributed by atoms with Crippen molar-refractivity contribution in [3.05, 3.63) is 54.2 Å². The van der Waals surface area contributed by atoms with Crippen molar-refractivity contribution in [3.63, 3.8) is 0 Å². The summed E-state index contributed by atoms with van der Waals surface area (Å²) in [5.74, 6) is 0. The molecular formula is C20H27N3O2. The van der Waals surface area contributed by atoms with Gasteiger partial charge in [-0.1, -0.05) is 6.07 Å². The molecule has 0 bridgehead atoms. The van der Waals surface area contributed by atoms with Gasteiger partial charge in [-0.25, -0.2) is 0 Å². The summed E-state index contributed by atoms with van der Waals surface area (Å²) in [5, 5.41) is 0. The first-order chi connectivity index (χ1) is 12.2. The highest BCUT2D eigenvalue weighted by molar-refractivity contribution is 5.07. The lowest BCUT2D eigenvalue weighted by Crippen LogP contribution is -2.44. The van der Waals surface area contributed by atoms with Gasteiger partial charge < -0.3 is 9.15 Å². The molecule has 2 aliphatic rings. The van der Waals surface area contributed by atoms with Gasteiger partial charge >= 0.3 is 0 Å². The summed E-state index contributed by atoms with van der Waals surface area (Å²) in [6, 6.07) is 8.66. The van der Waals surface area contributed by atoms with Crippen molar-refractivity contribution < 1.29 is 9.15 Å². The second-order valence-electron chi connectivity index (χ2n) is 7.50. The van der Waals surface area contributed by atoms with Crippen molar-refractivity contribution in [1.82, 2.24) is 14.8 Å². The number of aromatic nitrogens is 1. The van der Waals surface area contributed by atoms with E-state index >= 15 is 0 Å². The summed E-state index contributed by atoms with van der Waals surface area (Å²) >= 11 is 0. The smallest absolute Gasteiger partial charge is 0.0947 e. The highest BCUT2D eigenvalue weighted by Gasteiger charge is 2.43. The fourth-order valence-electron chi connectivity index (χ4n) is 4.09. The summed E-state index contributed by atoms with van der Waals surface area (Å²) in [5.41, 5.74) is 2.47. The van der Waals surface area contributed by atoms with E-state index in [-0.39, 0.29) is 5.60 Å². The second kappa shape index (κ2) is 7.28. The summed E-state index contributed by atoms with van der Waals surface area (Å²) in [7, 11) is 2.19. The van der Waals surface area contributed by atoms with Gasteiger partial charge in [-0.2, -0.15) is 0 Å². The third-order valence-electron chi connectivity index (χ3n) is 5.70. The van der Waals surface area contributed by atoms with E-state index < -0.39 is 0 Å². The average Bonchev–Trinajstić information content (AvgIpc) is 3.29. The number of likely N-dealkylation sites (N-methyl/N-ethyl adjacent to an activating group) is 1. The van der Waals surface area contributed by atoms with E-state index in [0.717, 1.165) is 57.7 Å². The Morgan fingerprint density at radius 3 is 2.88 bits per heavy atom. The molecule has 5 nitrogen and oxygen atoms in total. The van der Waals surface area contributed by atoms with Crippen LogP contribution in [0.4, 0.5) is 0 Å². The molecule has 0 radical (unpaired) electrons. The minimum Gasteiger partial charge on any atom is -0.472 e. The molecule has 0 amide bonds. The molecular weight excluding hydrogens is 314 g/mol. The molecule has 1 atom stereocenters. The van der Waals surface area contributed by atoms with E-state index in [0.29, 0.717) is 6.04 Å². The Morgan fingerprint density at radius 2 is 2.16 bits per heavy atom. The molecule has 2 aliphatic heterocycles. The number of likely N-dealkylation sites (tertiary alicyclic amines) is 1. The number of nitrogens with zero attached hydrogens (tertiary/aromatic N) is 3. The van der Waals surface area contributed by atoms with Crippen molar-refractivity contribution >= 4 is 0 Å². The minimum atomic E-state index is 0.0793. The minimum absolute atomic E-state index is 0.0793. The zero-order valence-corrected chi connectivity index (χ0v) is 14.9. The Morgan fingerprint density at radius 1 is 1.28 bits per heavy atom. The molecule has 4 heterocycles. The summed E-state index contributed by atoms with van der Waals surface area (Å²) in [4.78, 5) is 9.34. The van der Waals surface area contributed by atoms with Crippen molar-refractivity contribution in [2.24, 2.45) is 0 Å². The van der Waals surface area contributed by atoms with E-state index in [1.165, 1.54) is 5.56 Å². The fraction of sp³-hybridized carbons (Fsp3) is 0.550. The third-order valence-corrected chi connectivity index (χ3v) is 5.70. The Balaban J connectivity index is 1.28. The average molecular weight is 341 g/mol. The van der Waals surface area contributed by atoms with E-state index in [2.05, 4.69) is 40.0 Å². The van der Waals surface area contributed by atoms with Crippen LogP contribution in [0.5, 0.6) is 0 Å². The molecule has 4 rings (SSSR count). The van der Waals surface area contributed by atoms with Gasteiger partial charge in [0.25, 0.3) is 0 Å². The van der Waals surface area contributed by atoms with Gasteiger partial charge in [-0.15, -0.1) is 0 Å². The molecule has 0 unspecified atom stereocenters. The Labute approximate surface area is 149 Å². The molecule has 0 saturated carbocycles. The van der Waals surface area contributed by atoms with Crippen LogP contribution in [-0.4, -0.2) is 53.2 Å². The number of hydrogen-bond acceptors (Lipinski definition) is 5. The van der Waals surface area contributed by atoms with Crippen LogP contribution >= 0.6 is 0 Å². The van der Waals surface area contributed by atoms with Gasteiger partial charge in [-0.05, 0) is 44.5 Å². The van der Waals surface area contributed by atoms with Gasteiger partial charge in [0.05, 0.1) is 30.4 Å². The molecule has 134 valence electrons. The number of hydrogen-bond donors (Lipinski definition) is 0. The highest BCUT2D eigenvalue weighted by atomic mass is 16.5. The molecule has 25 heavy (non-hydrogen) atoms. The van der Waals surface area contributed by atoms with Crippen molar-refractivity contribution in [3.8, 4) is 0 Å². The molecule has 0 aliphatic carbocycles. The molecule has 1 spiro atoms. The Kier molecular flexibility index (Phi) is 4.88. The van der Waals surface area contributed by atoms with Crippen LogP contribution in [0, 0.1) is 0 Å². The first-order valence-corrected chi connectivity index (χ1v) is 9.20. The zero-order chi connectivity index (χ0) is 17.1. The largest absolute Gasteiger partial charge is 0.472 e. The predicted octanol–water partition coefficient (Wildman–Crippen LogP) is 2.93. The number of ether oxygens (including phenoxy) is 1. The molecule has 5 heteroatoms. The van der Waals surface area contributed by atoms with Crippen molar-refractivity contribution in [2.45, 2.75) is 44.0 Å². The summed E-state index contributed by atoms with van der Waals surface area (Å²) in [6.45, 7) is 4.90. The molecule has 0 aromatic carbocycles. The molecule has 2 aromatic heterocycles. The lowest BCUT2D eigenvalue weighted by atomic mass is 9.87. The van der Waals surface area contributed by atoms with Gasteiger partial charge in [0, 0.05) is 44.0 Å². The Bertz CT molecular complexity index is 651. The van der Waals surface area contributed by atoms with Gasteiger partial charge in [0.15, 0.2) is 0 Å². The standard InChI is InChI=1S/C20H27N3O2/c1-22(14-18-4-2-3-8-21-18)19-12-20(25-16-19)6-9-23(10-7-20)13-17-5-11-24-15-17/h2-5,8,11,15,19H,6-7,9-10,12-14,16H2,1H3/t19-/m0/s1. The quantitative estimate of drug-likeness (QED) is 0.836. The van der Waals surface area contributed by atoms with Crippen LogP contribution in [0.15, 0.2) is 47.4 Å². The maximum Gasteiger partial charge on any atom is 0.0947 e. The molecule has 2 fully saturated rings. The fourth-order valence-corrected chi connectivity index (χ4v) is 4.09. The third kappa shape index (κ3) is 3.94. The van der Waals surface area contributed by atoms with Gasteiger partial charge in [0.2, 0.25) is 0 Å². The lowest BCUT2D eigenvalue weighted by Gasteiger charge is -2.38. The van der Waals surface area contributed by atoms with Gasteiger partial charge in [0.1, 0.15) is 0 Å². The van der Waals surface area contributed by atoms with E-state index in [1.807, 2.05) is 18.5 Å². The van der Waals surface area contributed by atoms with Crippen LogP contribution in [-0.2, 0) is 17.8 Å². The number of pyridine rings is 1. The van der Waals surface area contributed by atoms with E-state index in [4.69, 9.17) is 9.15 Å². The topological polar surface area (TPSA) is 41.7 Å². The van der Waals surface area contributed by atoms with Crippen LogP contribution in [0.3, 0.4) is 0 Å². The Hall–Kier alpha value is -1.69. The number of furan rings is 1. The van der Waals surface area contributed by atoms with E-state index in [9.17, 15) is 0 Å². The summed E-state index contributed by atoms with van der Waals surface area (Å²) < 4.78 is 11.5. The second-order valence-corrected chi connectivity index (χ2v) is 7.50. The number of piperidine rings is 1. The number of rotatable bonds is 5. The van der Waals surface area contributed by atoms with E-state index in [1.54, 1.807) is 6.26 Å². The maximum absolute atomic E-state index is 6.33. The van der Waals surface area contributed by atoms with Crippen LogP contribution < -0.4 is 0 Å². The normalized spacial score (nSPS) is 23.5. The molecule has 0 N–H and O–H groups in total.